The van der Waals surface area contributed by atoms with Gasteiger partial charge in [0, 0.05) is 28.7 Å². The fourth-order valence-corrected chi connectivity index (χ4v) is 3.59. The highest BCUT2D eigenvalue weighted by Gasteiger charge is 2.16. The Labute approximate surface area is 171 Å². The molecule has 1 aromatic carbocycles. The topological polar surface area (TPSA) is 66.0 Å². The Morgan fingerprint density at radius 3 is 2.86 bits per heavy atom. The molecule has 28 heavy (non-hydrogen) atoms. The van der Waals surface area contributed by atoms with Crippen LogP contribution in [0.15, 0.2) is 76.8 Å². The average Bonchev–Trinajstić information content (AvgIpc) is 3.37. The molecule has 3 aromatic heterocycles. The normalized spacial score (nSPS) is 10.9. The molecule has 0 aliphatic rings. The molecular formula is C20H17ClN4O2S. The van der Waals surface area contributed by atoms with Crippen LogP contribution in [0, 0.1) is 0 Å². The molecule has 0 spiro atoms. The molecule has 0 N–H and O–H groups in total. The van der Waals surface area contributed by atoms with Crippen LogP contribution in [0.5, 0.6) is 5.75 Å². The number of hydrogen-bond donors (Lipinski definition) is 0. The van der Waals surface area contributed by atoms with Gasteiger partial charge in [-0.2, -0.15) is 0 Å². The summed E-state index contributed by atoms with van der Waals surface area (Å²) in [5, 5.41) is 10.2. The molecular weight excluding hydrogens is 396 g/mol. The van der Waals surface area contributed by atoms with Gasteiger partial charge in [-0.05, 0) is 42.5 Å². The maximum absolute atomic E-state index is 5.98. The van der Waals surface area contributed by atoms with Crippen molar-refractivity contribution in [1.29, 1.82) is 0 Å². The first-order chi connectivity index (χ1) is 13.8. The molecule has 0 aliphatic carbocycles. The van der Waals surface area contributed by atoms with Crippen molar-refractivity contribution in [1.82, 2.24) is 19.7 Å². The summed E-state index contributed by atoms with van der Waals surface area (Å²) < 4.78 is 13.3. The van der Waals surface area contributed by atoms with Crippen molar-refractivity contribution in [3.8, 4) is 17.1 Å². The molecule has 0 saturated heterocycles. The highest BCUT2D eigenvalue weighted by atomic mass is 35.5. The van der Waals surface area contributed by atoms with Gasteiger partial charge in [0.05, 0.1) is 19.4 Å². The van der Waals surface area contributed by atoms with E-state index >= 15 is 0 Å². The lowest BCUT2D eigenvalue weighted by atomic mass is 10.2. The first kappa shape index (κ1) is 18.6. The minimum Gasteiger partial charge on any atom is -0.493 e. The van der Waals surface area contributed by atoms with Crippen molar-refractivity contribution in [2.75, 3.05) is 12.4 Å². The molecule has 8 heteroatoms. The van der Waals surface area contributed by atoms with Crippen LogP contribution in [0.2, 0.25) is 5.02 Å². The van der Waals surface area contributed by atoms with Crippen LogP contribution in [-0.4, -0.2) is 32.1 Å². The molecule has 0 unspecified atom stereocenters. The average molecular weight is 413 g/mol. The van der Waals surface area contributed by atoms with Gasteiger partial charge in [0.25, 0.3) is 0 Å². The SMILES string of the molecule is Clc1cccc(OCCSc2nnc(-c3cccnc3)n2Cc2ccco2)c1. The molecule has 0 saturated carbocycles. The molecule has 142 valence electrons. The number of pyridine rings is 1. The number of halogens is 1. The van der Waals surface area contributed by atoms with E-state index < -0.39 is 0 Å². The summed E-state index contributed by atoms with van der Waals surface area (Å²) in [6.07, 6.45) is 5.17. The van der Waals surface area contributed by atoms with E-state index in [1.807, 2.05) is 47.0 Å². The minimum atomic E-state index is 0.529. The Balaban J connectivity index is 1.47. The molecule has 4 rings (SSSR count). The number of benzene rings is 1. The Morgan fingerprint density at radius 1 is 1.11 bits per heavy atom. The summed E-state index contributed by atoms with van der Waals surface area (Å²) in [6.45, 7) is 1.07. The first-order valence-corrected chi connectivity index (χ1v) is 10.0. The summed E-state index contributed by atoms with van der Waals surface area (Å²) in [4.78, 5) is 4.18. The van der Waals surface area contributed by atoms with E-state index in [1.165, 1.54) is 0 Å². The second-order valence-corrected chi connectivity index (χ2v) is 7.37. The van der Waals surface area contributed by atoms with Gasteiger partial charge in [-0.3, -0.25) is 9.55 Å². The highest BCUT2D eigenvalue weighted by Crippen LogP contribution is 2.25. The Hall–Kier alpha value is -2.77. The van der Waals surface area contributed by atoms with E-state index in [0.29, 0.717) is 18.2 Å². The van der Waals surface area contributed by atoms with Crippen molar-refractivity contribution in [2.24, 2.45) is 0 Å². The predicted octanol–water partition coefficient (Wildman–Crippen LogP) is 4.81. The lowest BCUT2D eigenvalue weighted by Gasteiger charge is -2.09. The van der Waals surface area contributed by atoms with Crippen molar-refractivity contribution in [3.63, 3.8) is 0 Å². The Kier molecular flexibility index (Phi) is 5.94. The van der Waals surface area contributed by atoms with Gasteiger partial charge in [0.1, 0.15) is 11.5 Å². The van der Waals surface area contributed by atoms with Crippen molar-refractivity contribution >= 4 is 23.4 Å². The van der Waals surface area contributed by atoms with Gasteiger partial charge in [0.15, 0.2) is 11.0 Å². The number of ether oxygens (including phenoxy) is 1. The number of nitrogens with zero attached hydrogens (tertiary/aromatic N) is 4. The fourth-order valence-electron chi connectivity index (χ4n) is 2.65. The van der Waals surface area contributed by atoms with Crippen LogP contribution < -0.4 is 4.74 Å². The van der Waals surface area contributed by atoms with Crippen LogP contribution in [0.25, 0.3) is 11.4 Å². The number of hydrogen-bond acceptors (Lipinski definition) is 6. The maximum atomic E-state index is 5.98. The predicted molar refractivity (Wildman–Crippen MR) is 109 cm³/mol. The molecule has 0 radical (unpaired) electrons. The lowest BCUT2D eigenvalue weighted by molar-refractivity contribution is 0.344. The summed E-state index contributed by atoms with van der Waals surface area (Å²) in [6, 6.07) is 15.0. The van der Waals surface area contributed by atoms with Gasteiger partial charge in [0.2, 0.25) is 0 Å². The third-order valence-corrected chi connectivity index (χ3v) is 5.08. The van der Waals surface area contributed by atoms with Crippen LogP contribution in [0.1, 0.15) is 5.76 Å². The molecule has 0 fully saturated rings. The van der Waals surface area contributed by atoms with Crippen LogP contribution in [0.3, 0.4) is 0 Å². The molecule has 0 atom stereocenters. The number of thioether (sulfide) groups is 1. The number of rotatable bonds is 8. The molecule has 4 aromatic rings. The summed E-state index contributed by atoms with van der Waals surface area (Å²) in [5.74, 6) is 3.06. The summed E-state index contributed by atoms with van der Waals surface area (Å²) in [5.41, 5.74) is 0.906. The number of furan rings is 1. The van der Waals surface area contributed by atoms with Gasteiger partial charge in [-0.25, -0.2) is 0 Å². The van der Waals surface area contributed by atoms with Crippen molar-refractivity contribution in [2.45, 2.75) is 11.7 Å². The second kappa shape index (κ2) is 8.95. The molecule has 6 nitrogen and oxygen atoms in total. The van der Waals surface area contributed by atoms with Gasteiger partial charge in [-0.1, -0.05) is 29.4 Å². The fraction of sp³-hybridized carbons (Fsp3) is 0.150. The molecule has 0 bridgehead atoms. The van der Waals surface area contributed by atoms with E-state index in [9.17, 15) is 0 Å². The third kappa shape index (κ3) is 4.55. The van der Waals surface area contributed by atoms with Crippen LogP contribution >= 0.6 is 23.4 Å². The Morgan fingerprint density at radius 2 is 2.07 bits per heavy atom. The second-order valence-electron chi connectivity index (χ2n) is 5.87. The largest absolute Gasteiger partial charge is 0.493 e. The number of aromatic nitrogens is 4. The smallest absolute Gasteiger partial charge is 0.192 e. The van der Waals surface area contributed by atoms with Crippen LogP contribution in [-0.2, 0) is 6.54 Å². The zero-order chi connectivity index (χ0) is 19.2. The molecule has 0 amide bonds. The lowest BCUT2D eigenvalue weighted by Crippen LogP contribution is -2.05. The monoisotopic (exact) mass is 412 g/mol. The molecule has 3 heterocycles. The summed E-state index contributed by atoms with van der Waals surface area (Å²) in [7, 11) is 0. The zero-order valence-electron chi connectivity index (χ0n) is 14.9. The Bertz CT molecular complexity index is 1020. The highest BCUT2D eigenvalue weighted by molar-refractivity contribution is 7.99. The maximum Gasteiger partial charge on any atom is 0.192 e. The van der Waals surface area contributed by atoms with Crippen molar-refractivity contribution in [3.05, 3.63) is 78.0 Å². The van der Waals surface area contributed by atoms with E-state index in [2.05, 4.69) is 15.2 Å². The van der Waals surface area contributed by atoms with Gasteiger partial charge < -0.3 is 9.15 Å². The molecule has 0 aliphatic heterocycles. The first-order valence-electron chi connectivity index (χ1n) is 8.67. The van der Waals surface area contributed by atoms with E-state index in [1.54, 1.807) is 36.5 Å². The van der Waals surface area contributed by atoms with E-state index in [0.717, 1.165) is 33.8 Å². The zero-order valence-corrected chi connectivity index (χ0v) is 16.4. The van der Waals surface area contributed by atoms with Crippen molar-refractivity contribution < 1.29 is 9.15 Å². The van der Waals surface area contributed by atoms with Crippen LogP contribution in [0.4, 0.5) is 0 Å². The third-order valence-electron chi connectivity index (χ3n) is 3.91. The quantitative estimate of drug-likeness (QED) is 0.306. The summed E-state index contributed by atoms with van der Waals surface area (Å²) >= 11 is 7.56. The van der Waals surface area contributed by atoms with Gasteiger partial charge in [-0.15, -0.1) is 10.2 Å². The van der Waals surface area contributed by atoms with E-state index in [4.69, 9.17) is 20.8 Å². The van der Waals surface area contributed by atoms with Gasteiger partial charge >= 0.3 is 0 Å². The minimum absolute atomic E-state index is 0.529. The van der Waals surface area contributed by atoms with E-state index in [-0.39, 0.29) is 0 Å². The standard InChI is InChI=1S/C20H17ClN4O2S/c21-16-5-1-6-17(12-16)27-10-11-28-20-24-23-19(15-4-2-8-22-13-15)25(20)14-18-7-3-9-26-18/h1-9,12-13H,10-11,14H2.